The van der Waals surface area contributed by atoms with Crippen LogP contribution in [0.5, 0.6) is 0 Å². The van der Waals surface area contributed by atoms with Crippen LogP contribution in [-0.2, 0) is 23.1 Å². The Morgan fingerprint density at radius 2 is 1.90 bits per heavy atom. The number of phosphoric acid groups is 1. The molecule has 2 unspecified atom stereocenters. The van der Waals surface area contributed by atoms with Gasteiger partial charge in [-0.3, -0.25) is 4.52 Å². The second kappa shape index (κ2) is 12.8. The van der Waals surface area contributed by atoms with Gasteiger partial charge < -0.3 is 9.63 Å². The van der Waals surface area contributed by atoms with Crippen LogP contribution in [-0.4, -0.2) is 53.3 Å². The van der Waals surface area contributed by atoms with Crippen LogP contribution in [0.3, 0.4) is 0 Å². The molecule has 0 spiro atoms. The van der Waals surface area contributed by atoms with Crippen molar-refractivity contribution in [2.75, 3.05) is 6.61 Å². The summed E-state index contributed by atoms with van der Waals surface area (Å²) in [5.74, 6) is -0.667. The van der Waals surface area contributed by atoms with E-state index in [1.165, 1.54) is 6.92 Å². The molecule has 0 amide bonds. The standard InChI is InChI=1S/C13H25O6P.Na.H/c1-5-7-8-9-10-17-20(15,16)19-12(6-2)18-13(14)11(3)4;;/h12H,3,5-10H2,1-2,4H3,(H,15,16);;. The Hall–Kier alpha value is 0.320. The van der Waals surface area contributed by atoms with Gasteiger partial charge in [-0.05, 0) is 13.3 Å². The van der Waals surface area contributed by atoms with Crippen molar-refractivity contribution in [1.29, 1.82) is 0 Å². The van der Waals surface area contributed by atoms with Crippen molar-refractivity contribution in [3.8, 4) is 0 Å². The Labute approximate surface area is 149 Å². The molecule has 0 aliphatic heterocycles. The molecular formula is C13H26NaO6P. The van der Waals surface area contributed by atoms with E-state index in [0.29, 0.717) is 6.42 Å². The van der Waals surface area contributed by atoms with E-state index in [1.807, 2.05) is 0 Å². The topological polar surface area (TPSA) is 82.1 Å². The molecule has 21 heavy (non-hydrogen) atoms. The molecule has 0 fully saturated rings. The van der Waals surface area contributed by atoms with Gasteiger partial charge >= 0.3 is 43.3 Å². The van der Waals surface area contributed by atoms with Gasteiger partial charge in [-0.2, -0.15) is 0 Å². The summed E-state index contributed by atoms with van der Waals surface area (Å²) in [6.45, 7) is 8.78. The van der Waals surface area contributed by atoms with Crippen molar-refractivity contribution in [1.82, 2.24) is 0 Å². The Bertz CT molecular complexity index is 361. The van der Waals surface area contributed by atoms with E-state index in [2.05, 4.69) is 13.5 Å². The molecule has 0 aliphatic carbocycles. The minimum atomic E-state index is -4.21. The maximum absolute atomic E-state index is 11.7. The van der Waals surface area contributed by atoms with Crippen LogP contribution >= 0.6 is 7.82 Å². The number of hydrogen-bond donors (Lipinski definition) is 1. The normalized spacial score (nSPS) is 14.7. The van der Waals surface area contributed by atoms with Gasteiger partial charge in [0.1, 0.15) is 0 Å². The Kier molecular flexibility index (Phi) is 14.4. The van der Waals surface area contributed by atoms with Gasteiger partial charge in [0, 0.05) is 12.0 Å². The Morgan fingerprint density at radius 3 is 2.38 bits per heavy atom. The average molecular weight is 332 g/mol. The molecule has 0 aliphatic rings. The van der Waals surface area contributed by atoms with Crippen molar-refractivity contribution in [3.05, 3.63) is 12.2 Å². The van der Waals surface area contributed by atoms with E-state index < -0.39 is 20.1 Å². The first-order valence-electron chi connectivity index (χ1n) is 6.84. The number of unbranched alkanes of at least 4 members (excludes halogenated alkanes) is 3. The molecule has 8 heteroatoms. The number of phosphoric ester groups is 1. The molecule has 0 rings (SSSR count). The third kappa shape index (κ3) is 12.5. The molecule has 0 aromatic carbocycles. The van der Waals surface area contributed by atoms with Crippen molar-refractivity contribution in [2.24, 2.45) is 0 Å². The Morgan fingerprint density at radius 1 is 1.29 bits per heavy atom. The van der Waals surface area contributed by atoms with Crippen LogP contribution in [0.25, 0.3) is 0 Å². The summed E-state index contributed by atoms with van der Waals surface area (Å²) in [5, 5.41) is 0. The van der Waals surface area contributed by atoms with Crippen LogP contribution in [0.2, 0.25) is 0 Å². The van der Waals surface area contributed by atoms with Crippen molar-refractivity contribution in [3.63, 3.8) is 0 Å². The molecular weight excluding hydrogens is 306 g/mol. The van der Waals surface area contributed by atoms with Gasteiger partial charge in [-0.1, -0.05) is 39.7 Å². The van der Waals surface area contributed by atoms with Gasteiger partial charge in [0.15, 0.2) is 0 Å². The fourth-order valence-corrected chi connectivity index (χ4v) is 2.20. The van der Waals surface area contributed by atoms with E-state index in [9.17, 15) is 14.3 Å². The molecule has 0 saturated carbocycles. The van der Waals surface area contributed by atoms with E-state index >= 15 is 0 Å². The zero-order valence-electron chi connectivity index (χ0n) is 12.5. The van der Waals surface area contributed by atoms with Gasteiger partial charge in [0.2, 0.25) is 6.29 Å². The summed E-state index contributed by atoms with van der Waals surface area (Å²) in [6, 6.07) is 0. The van der Waals surface area contributed by atoms with Gasteiger partial charge in [-0.15, -0.1) is 0 Å². The van der Waals surface area contributed by atoms with Gasteiger partial charge in [0.25, 0.3) is 0 Å². The van der Waals surface area contributed by atoms with Crippen LogP contribution < -0.4 is 0 Å². The van der Waals surface area contributed by atoms with Crippen molar-refractivity contribution < 1.29 is 28.0 Å². The zero-order chi connectivity index (χ0) is 15.6. The quantitative estimate of drug-likeness (QED) is 0.156. The summed E-state index contributed by atoms with van der Waals surface area (Å²) < 4.78 is 26.2. The van der Waals surface area contributed by atoms with Crippen LogP contribution in [0.15, 0.2) is 12.2 Å². The predicted octanol–water partition coefficient (Wildman–Crippen LogP) is 2.91. The monoisotopic (exact) mass is 332 g/mol. The predicted molar refractivity (Wildman–Crippen MR) is 83.1 cm³/mol. The minimum absolute atomic E-state index is 0. The summed E-state index contributed by atoms with van der Waals surface area (Å²) in [6.07, 6.45) is 2.85. The molecule has 0 aromatic heterocycles. The first-order valence-corrected chi connectivity index (χ1v) is 8.34. The number of carbonyl (C=O) groups is 1. The summed E-state index contributed by atoms with van der Waals surface area (Å²) >= 11 is 0. The third-order valence-electron chi connectivity index (χ3n) is 2.42. The van der Waals surface area contributed by atoms with Crippen LogP contribution in [0.1, 0.15) is 52.9 Å². The molecule has 0 bridgehead atoms. The van der Waals surface area contributed by atoms with Gasteiger partial charge in [0.05, 0.1) is 6.61 Å². The molecule has 0 heterocycles. The number of carbonyl (C=O) groups excluding carboxylic acids is 1. The molecule has 0 aromatic rings. The van der Waals surface area contributed by atoms with E-state index in [-0.39, 0.29) is 48.2 Å². The summed E-state index contributed by atoms with van der Waals surface area (Å²) in [5.41, 5.74) is 0.195. The van der Waals surface area contributed by atoms with E-state index in [4.69, 9.17) is 13.8 Å². The van der Waals surface area contributed by atoms with E-state index in [1.54, 1.807) is 6.92 Å². The van der Waals surface area contributed by atoms with Crippen LogP contribution in [0.4, 0.5) is 0 Å². The molecule has 1 N–H and O–H groups in total. The number of rotatable bonds is 11. The maximum atomic E-state index is 11.7. The second-order valence-corrected chi connectivity index (χ2v) is 5.90. The average Bonchev–Trinajstić information content (AvgIpc) is 2.37. The molecule has 2 atom stereocenters. The van der Waals surface area contributed by atoms with Crippen molar-refractivity contribution >= 4 is 43.3 Å². The molecule has 120 valence electrons. The summed E-state index contributed by atoms with van der Waals surface area (Å²) in [4.78, 5) is 20.8. The molecule has 0 radical (unpaired) electrons. The van der Waals surface area contributed by atoms with Crippen LogP contribution in [0, 0.1) is 0 Å². The first-order chi connectivity index (χ1) is 9.32. The summed E-state index contributed by atoms with van der Waals surface area (Å²) in [7, 11) is -4.21. The third-order valence-corrected chi connectivity index (χ3v) is 3.43. The SMILES string of the molecule is C=C(C)C(=O)OC(CC)OP(=O)(O)OCCCCCC.[NaH]. The van der Waals surface area contributed by atoms with Gasteiger partial charge in [-0.25, -0.2) is 13.9 Å². The first kappa shape index (κ1) is 23.6. The number of ether oxygens (including phenoxy) is 1. The number of hydrogen-bond acceptors (Lipinski definition) is 5. The Balaban J connectivity index is 0. The van der Waals surface area contributed by atoms with Crippen molar-refractivity contribution in [2.45, 2.75) is 59.2 Å². The zero-order valence-corrected chi connectivity index (χ0v) is 13.4. The fourth-order valence-electron chi connectivity index (χ4n) is 1.29. The van der Waals surface area contributed by atoms with E-state index in [0.717, 1.165) is 19.3 Å². The second-order valence-electron chi connectivity index (χ2n) is 4.49. The molecule has 0 saturated heterocycles. The number of esters is 1. The molecule has 6 nitrogen and oxygen atoms in total. The fraction of sp³-hybridized carbons (Fsp3) is 0.769.